The molecular weight excluding hydrogens is 286 g/mol. The lowest BCUT2D eigenvalue weighted by atomic mass is 10.2. The van der Waals surface area contributed by atoms with Crippen molar-refractivity contribution in [3.05, 3.63) is 63.9 Å². The molecular formula is C16H17NO3S. The smallest absolute Gasteiger partial charge is 0.335 e. The minimum Gasteiger partial charge on any atom is -0.466 e. The SMILES string of the molecule is COC(=O)/C(=C\c1cccs1)CNOCc1ccccc1. The first-order valence-corrected chi connectivity index (χ1v) is 7.38. The normalized spacial score (nSPS) is 11.4. The minimum absolute atomic E-state index is 0.289. The zero-order valence-electron chi connectivity index (χ0n) is 11.7. The third-order valence-electron chi connectivity index (χ3n) is 2.75. The van der Waals surface area contributed by atoms with Crippen LogP contribution in [0.15, 0.2) is 53.4 Å². The molecule has 0 atom stereocenters. The summed E-state index contributed by atoms with van der Waals surface area (Å²) in [5, 5.41) is 1.96. The lowest BCUT2D eigenvalue weighted by molar-refractivity contribution is -0.136. The van der Waals surface area contributed by atoms with Crippen molar-refractivity contribution in [2.45, 2.75) is 6.61 Å². The number of ether oxygens (including phenoxy) is 1. The molecule has 110 valence electrons. The van der Waals surface area contributed by atoms with E-state index < -0.39 is 0 Å². The summed E-state index contributed by atoms with van der Waals surface area (Å²) in [4.78, 5) is 18.1. The van der Waals surface area contributed by atoms with E-state index in [9.17, 15) is 4.79 Å². The summed E-state index contributed by atoms with van der Waals surface area (Å²) in [5.74, 6) is -0.362. The maximum atomic E-state index is 11.7. The first-order valence-electron chi connectivity index (χ1n) is 6.50. The molecule has 0 aliphatic heterocycles. The Morgan fingerprint density at radius 3 is 2.71 bits per heavy atom. The van der Waals surface area contributed by atoms with Crippen LogP contribution < -0.4 is 5.48 Å². The molecule has 0 unspecified atom stereocenters. The van der Waals surface area contributed by atoms with Crippen molar-refractivity contribution in [3.8, 4) is 0 Å². The van der Waals surface area contributed by atoms with E-state index in [1.165, 1.54) is 7.11 Å². The number of nitrogens with one attached hydrogen (secondary N) is 1. The van der Waals surface area contributed by atoms with Gasteiger partial charge in [-0.1, -0.05) is 36.4 Å². The summed E-state index contributed by atoms with van der Waals surface area (Å²) in [6.45, 7) is 0.728. The highest BCUT2D eigenvalue weighted by Crippen LogP contribution is 2.14. The number of rotatable bonds is 7. The van der Waals surface area contributed by atoms with Gasteiger partial charge in [0.2, 0.25) is 0 Å². The van der Waals surface area contributed by atoms with Crippen LogP contribution in [-0.4, -0.2) is 19.6 Å². The molecule has 1 heterocycles. The van der Waals surface area contributed by atoms with Crippen LogP contribution in [0.1, 0.15) is 10.4 Å². The highest BCUT2D eigenvalue weighted by atomic mass is 32.1. The highest BCUT2D eigenvalue weighted by molar-refractivity contribution is 7.10. The monoisotopic (exact) mass is 303 g/mol. The van der Waals surface area contributed by atoms with Crippen LogP contribution >= 0.6 is 11.3 Å². The molecule has 0 aliphatic carbocycles. The van der Waals surface area contributed by atoms with Gasteiger partial charge < -0.3 is 4.74 Å². The Kier molecular flexibility index (Phi) is 6.15. The Morgan fingerprint density at radius 2 is 2.05 bits per heavy atom. The number of hydrogen-bond donors (Lipinski definition) is 1. The quantitative estimate of drug-likeness (QED) is 0.370. The fraction of sp³-hybridized carbons (Fsp3) is 0.188. The predicted octanol–water partition coefficient (Wildman–Crippen LogP) is 3.03. The van der Waals surface area contributed by atoms with Gasteiger partial charge in [0.25, 0.3) is 0 Å². The summed E-state index contributed by atoms with van der Waals surface area (Å²) in [6.07, 6.45) is 1.80. The molecule has 1 N–H and O–H groups in total. The summed E-state index contributed by atoms with van der Waals surface area (Å²) in [6, 6.07) is 13.7. The average Bonchev–Trinajstić information content (AvgIpc) is 3.03. The number of carbonyl (C=O) groups excluding carboxylic acids is 1. The Labute approximate surface area is 128 Å². The summed E-state index contributed by atoms with van der Waals surface area (Å²) in [5.41, 5.74) is 4.38. The zero-order valence-corrected chi connectivity index (χ0v) is 12.6. The first-order chi connectivity index (χ1) is 10.3. The molecule has 0 bridgehead atoms. The van der Waals surface area contributed by atoms with Gasteiger partial charge in [-0.25, -0.2) is 4.79 Å². The Hall–Kier alpha value is -1.95. The van der Waals surface area contributed by atoms with Crippen molar-refractivity contribution in [2.24, 2.45) is 0 Å². The van der Waals surface area contributed by atoms with Gasteiger partial charge >= 0.3 is 5.97 Å². The van der Waals surface area contributed by atoms with E-state index in [2.05, 4.69) is 5.48 Å². The fourth-order valence-corrected chi connectivity index (χ4v) is 2.38. The minimum atomic E-state index is -0.362. The molecule has 5 heteroatoms. The lowest BCUT2D eigenvalue weighted by Crippen LogP contribution is -2.22. The lowest BCUT2D eigenvalue weighted by Gasteiger charge is -2.08. The second-order valence-corrected chi connectivity index (χ2v) is 5.25. The Balaban J connectivity index is 1.86. The van der Waals surface area contributed by atoms with Gasteiger partial charge in [-0.2, -0.15) is 5.48 Å². The van der Waals surface area contributed by atoms with Crippen molar-refractivity contribution in [3.63, 3.8) is 0 Å². The van der Waals surface area contributed by atoms with E-state index in [0.717, 1.165) is 10.4 Å². The second kappa shape index (κ2) is 8.36. The molecule has 1 aromatic carbocycles. The fourth-order valence-electron chi connectivity index (χ4n) is 1.70. The summed E-state index contributed by atoms with van der Waals surface area (Å²) < 4.78 is 4.78. The van der Waals surface area contributed by atoms with Gasteiger partial charge in [-0.3, -0.25) is 4.84 Å². The summed E-state index contributed by atoms with van der Waals surface area (Å²) >= 11 is 1.56. The molecule has 4 nitrogen and oxygen atoms in total. The van der Waals surface area contributed by atoms with Gasteiger partial charge in [0.15, 0.2) is 0 Å². The van der Waals surface area contributed by atoms with Crippen molar-refractivity contribution in [2.75, 3.05) is 13.7 Å². The van der Waals surface area contributed by atoms with E-state index in [1.807, 2.05) is 47.8 Å². The van der Waals surface area contributed by atoms with Gasteiger partial charge in [-0.15, -0.1) is 11.3 Å². The molecule has 2 aromatic rings. The average molecular weight is 303 g/mol. The molecule has 0 saturated carbocycles. The standard InChI is InChI=1S/C16H17NO3S/c1-19-16(18)14(10-15-8-5-9-21-15)11-17-20-12-13-6-3-2-4-7-13/h2-10,17H,11-12H2,1H3/b14-10-. The van der Waals surface area contributed by atoms with Gasteiger partial charge in [0.1, 0.15) is 0 Å². The molecule has 2 rings (SSSR count). The molecule has 0 radical (unpaired) electrons. The molecule has 0 amide bonds. The highest BCUT2D eigenvalue weighted by Gasteiger charge is 2.10. The number of carbonyl (C=O) groups is 1. The van der Waals surface area contributed by atoms with Crippen LogP contribution in [0, 0.1) is 0 Å². The first kappa shape index (κ1) is 15.4. The van der Waals surface area contributed by atoms with E-state index >= 15 is 0 Å². The topological polar surface area (TPSA) is 47.6 Å². The zero-order chi connectivity index (χ0) is 14.9. The van der Waals surface area contributed by atoms with E-state index in [-0.39, 0.29) is 12.5 Å². The van der Waals surface area contributed by atoms with E-state index in [0.29, 0.717) is 12.2 Å². The maximum Gasteiger partial charge on any atom is 0.335 e. The molecule has 21 heavy (non-hydrogen) atoms. The molecule has 0 saturated heterocycles. The molecule has 1 aromatic heterocycles. The van der Waals surface area contributed by atoms with E-state index in [4.69, 9.17) is 9.57 Å². The second-order valence-electron chi connectivity index (χ2n) is 4.27. The van der Waals surface area contributed by atoms with Crippen molar-refractivity contribution in [1.82, 2.24) is 5.48 Å². The van der Waals surface area contributed by atoms with E-state index in [1.54, 1.807) is 17.4 Å². The van der Waals surface area contributed by atoms with Crippen LogP contribution in [-0.2, 0) is 21.0 Å². The van der Waals surface area contributed by atoms with Crippen LogP contribution in [0.25, 0.3) is 6.08 Å². The Morgan fingerprint density at radius 1 is 1.24 bits per heavy atom. The van der Waals surface area contributed by atoms with Crippen molar-refractivity contribution in [1.29, 1.82) is 0 Å². The molecule has 0 fully saturated rings. The van der Waals surface area contributed by atoms with Gasteiger partial charge in [0, 0.05) is 4.88 Å². The number of esters is 1. The third-order valence-corrected chi connectivity index (χ3v) is 3.57. The number of hydrogen-bond acceptors (Lipinski definition) is 5. The van der Waals surface area contributed by atoms with Crippen molar-refractivity contribution >= 4 is 23.4 Å². The summed E-state index contributed by atoms with van der Waals surface area (Å²) in [7, 11) is 1.37. The van der Waals surface area contributed by atoms with Crippen LogP contribution in [0.4, 0.5) is 0 Å². The number of thiophene rings is 1. The maximum absolute atomic E-state index is 11.7. The van der Waals surface area contributed by atoms with Gasteiger partial charge in [0.05, 0.1) is 25.8 Å². The third kappa shape index (κ3) is 5.15. The van der Waals surface area contributed by atoms with Gasteiger partial charge in [-0.05, 0) is 23.1 Å². The Bertz CT molecular complexity index is 579. The number of methoxy groups -OCH3 is 1. The van der Waals surface area contributed by atoms with Crippen molar-refractivity contribution < 1.29 is 14.4 Å². The largest absolute Gasteiger partial charge is 0.466 e. The van der Waals surface area contributed by atoms with Crippen LogP contribution in [0.5, 0.6) is 0 Å². The molecule has 0 aliphatic rings. The molecule has 0 spiro atoms. The predicted molar refractivity (Wildman–Crippen MR) is 83.5 cm³/mol. The van der Waals surface area contributed by atoms with Crippen LogP contribution in [0.2, 0.25) is 0 Å². The number of hydroxylamine groups is 1. The van der Waals surface area contributed by atoms with Crippen LogP contribution in [0.3, 0.4) is 0 Å². The number of benzene rings is 1.